The molecule has 2 aromatic carbocycles. The van der Waals surface area contributed by atoms with Gasteiger partial charge in [0.2, 0.25) is 11.8 Å². The molecule has 0 aliphatic heterocycles. The quantitative estimate of drug-likeness (QED) is 0.225. The first-order valence-electron chi connectivity index (χ1n) is 15.2. The molecule has 0 aromatic heterocycles. The minimum absolute atomic E-state index is 0.0308. The molecule has 2 atom stereocenters. The number of nitrogens with two attached hydrogens (primary N) is 1. The number of benzene rings is 2. The molecule has 0 heterocycles. The highest BCUT2D eigenvalue weighted by atomic mass is 16.6. The van der Waals surface area contributed by atoms with Crippen LogP contribution in [0.15, 0.2) is 36.4 Å². The van der Waals surface area contributed by atoms with E-state index in [4.69, 9.17) is 10.5 Å². The molecule has 2 aromatic rings. The first-order valence-corrected chi connectivity index (χ1v) is 15.2. The Kier molecular flexibility index (Phi) is 13.2. The van der Waals surface area contributed by atoms with E-state index in [1.165, 1.54) is 4.90 Å². The largest absolute Gasteiger partial charge is 0.444 e. The summed E-state index contributed by atoms with van der Waals surface area (Å²) >= 11 is 0. The van der Waals surface area contributed by atoms with E-state index in [1.54, 1.807) is 20.8 Å². The fraction of sp³-hybridized carbons (Fsp3) is 0.529. The molecule has 9 heteroatoms. The smallest absolute Gasteiger partial charge is 0.408 e. The summed E-state index contributed by atoms with van der Waals surface area (Å²) in [7, 11) is 0. The molecule has 0 aliphatic rings. The lowest BCUT2D eigenvalue weighted by Crippen LogP contribution is -2.53. The molecular formula is C34H50N4O5. The maximum atomic E-state index is 14.4. The molecule has 0 fully saturated rings. The van der Waals surface area contributed by atoms with Gasteiger partial charge in [-0.1, -0.05) is 73.7 Å². The zero-order valence-electron chi connectivity index (χ0n) is 27.1. The topological polar surface area (TPSA) is 131 Å². The monoisotopic (exact) mass is 594 g/mol. The standard InChI is InChI=1S/C34H50N4O5/c1-9-10-11-12-18-38(32(41)27(16-17-28(35)39)36-33(42)43-34(6,7)8)30(26-20-22(2)19-23(3)21-26)31(40)37-29-24(4)14-13-15-25(29)5/h13-15,19-21,27,30H,9-12,16-18H2,1-8H3,(H2,35,39)(H,36,42)(H,37,40). The summed E-state index contributed by atoms with van der Waals surface area (Å²) in [5, 5.41) is 5.75. The molecule has 9 nitrogen and oxygen atoms in total. The lowest BCUT2D eigenvalue weighted by Gasteiger charge is -2.35. The number of aryl methyl sites for hydroxylation is 4. The summed E-state index contributed by atoms with van der Waals surface area (Å²) in [6, 6.07) is 9.48. The van der Waals surface area contributed by atoms with Crippen LogP contribution in [0, 0.1) is 27.7 Å². The number of anilines is 1. The molecule has 4 amide bonds. The molecule has 0 saturated carbocycles. The summed E-state index contributed by atoms with van der Waals surface area (Å²) in [5.41, 5.74) is 9.71. The van der Waals surface area contributed by atoms with Crippen molar-refractivity contribution in [2.45, 2.75) is 112 Å². The third-order valence-corrected chi connectivity index (χ3v) is 7.05. The number of hydrogen-bond acceptors (Lipinski definition) is 5. The van der Waals surface area contributed by atoms with E-state index < -0.39 is 35.6 Å². The van der Waals surface area contributed by atoms with Crippen LogP contribution in [0.25, 0.3) is 0 Å². The van der Waals surface area contributed by atoms with Gasteiger partial charge < -0.3 is 26.0 Å². The highest BCUT2D eigenvalue weighted by Crippen LogP contribution is 2.29. The third-order valence-electron chi connectivity index (χ3n) is 7.05. The number of para-hydroxylation sites is 1. The van der Waals surface area contributed by atoms with Crippen molar-refractivity contribution < 1.29 is 23.9 Å². The Morgan fingerprint density at radius 1 is 0.930 bits per heavy atom. The number of unbranched alkanes of at least 4 members (excludes halogenated alkanes) is 3. The number of carbonyl (C=O) groups is 4. The molecule has 2 rings (SSSR count). The van der Waals surface area contributed by atoms with Crippen molar-refractivity contribution in [3.8, 4) is 0 Å². The van der Waals surface area contributed by atoms with Gasteiger partial charge in [-0.05, 0) is 78.0 Å². The minimum atomic E-state index is -1.13. The van der Waals surface area contributed by atoms with Crippen molar-refractivity contribution in [2.75, 3.05) is 11.9 Å². The summed E-state index contributed by atoms with van der Waals surface area (Å²) < 4.78 is 5.43. The average molecular weight is 595 g/mol. The molecule has 0 aliphatic carbocycles. The number of primary amides is 1. The Labute approximate surface area is 256 Å². The second-order valence-corrected chi connectivity index (χ2v) is 12.4. The SMILES string of the molecule is CCCCCCN(C(=O)C(CCC(N)=O)NC(=O)OC(C)(C)C)C(C(=O)Nc1c(C)cccc1C)c1cc(C)cc(C)c1. The minimum Gasteiger partial charge on any atom is -0.444 e. The number of amides is 4. The highest BCUT2D eigenvalue weighted by Gasteiger charge is 2.36. The van der Waals surface area contributed by atoms with E-state index in [9.17, 15) is 19.2 Å². The molecule has 43 heavy (non-hydrogen) atoms. The van der Waals surface area contributed by atoms with E-state index in [0.29, 0.717) is 17.7 Å². The summed E-state index contributed by atoms with van der Waals surface area (Å²) in [5.74, 6) is -1.45. The van der Waals surface area contributed by atoms with Crippen LogP contribution in [0.2, 0.25) is 0 Å². The van der Waals surface area contributed by atoms with Crippen LogP contribution in [0.5, 0.6) is 0 Å². The van der Waals surface area contributed by atoms with Crippen LogP contribution < -0.4 is 16.4 Å². The number of rotatable bonds is 14. The first-order chi connectivity index (χ1) is 20.1. The Balaban J connectivity index is 2.64. The predicted octanol–water partition coefficient (Wildman–Crippen LogP) is 6.17. The molecular weight excluding hydrogens is 544 g/mol. The van der Waals surface area contributed by atoms with Crippen molar-refractivity contribution in [2.24, 2.45) is 5.73 Å². The summed E-state index contributed by atoms with van der Waals surface area (Å²) in [4.78, 5) is 54.8. The molecule has 4 N–H and O–H groups in total. The van der Waals surface area contributed by atoms with Gasteiger partial charge in [0.05, 0.1) is 0 Å². The number of carbonyl (C=O) groups excluding carboxylic acids is 4. The van der Waals surface area contributed by atoms with Gasteiger partial charge in [0.25, 0.3) is 5.91 Å². The normalized spacial score (nSPS) is 12.7. The van der Waals surface area contributed by atoms with E-state index in [-0.39, 0.29) is 25.3 Å². The van der Waals surface area contributed by atoms with E-state index >= 15 is 0 Å². The lowest BCUT2D eigenvalue weighted by atomic mass is 9.97. The number of nitrogens with zero attached hydrogens (tertiary/aromatic N) is 1. The van der Waals surface area contributed by atoms with Gasteiger partial charge >= 0.3 is 6.09 Å². The molecule has 0 bridgehead atoms. The highest BCUT2D eigenvalue weighted by molar-refractivity contribution is 6.00. The van der Waals surface area contributed by atoms with Gasteiger partial charge in [0, 0.05) is 18.7 Å². The third kappa shape index (κ3) is 11.4. The number of ether oxygens (including phenoxy) is 1. The molecule has 2 unspecified atom stereocenters. The number of alkyl carbamates (subject to hydrolysis) is 1. The van der Waals surface area contributed by atoms with Crippen molar-refractivity contribution in [3.05, 3.63) is 64.2 Å². The van der Waals surface area contributed by atoms with Crippen LogP contribution in [0.3, 0.4) is 0 Å². The average Bonchev–Trinajstić information content (AvgIpc) is 2.88. The van der Waals surface area contributed by atoms with Gasteiger partial charge in [-0.15, -0.1) is 0 Å². The predicted molar refractivity (Wildman–Crippen MR) is 171 cm³/mol. The van der Waals surface area contributed by atoms with Crippen molar-refractivity contribution >= 4 is 29.5 Å². The first kappa shape index (κ1) is 35.3. The Morgan fingerprint density at radius 2 is 1.53 bits per heavy atom. The molecule has 0 radical (unpaired) electrons. The van der Waals surface area contributed by atoms with Gasteiger partial charge in [-0.2, -0.15) is 0 Å². The fourth-order valence-electron chi connectivity index (χ4n) is 5.11. The van der Waals surface area contributed by atoms with Gasteiger partial charge in [0.1, 0.15) is 17.7 Å². The second-order valence-electron chi connectivity index (χ2n) is 12.4. The van der Waals surface area contributed by atoms with Gasteiger partial charge in [-0.3, -0.25) is 14.4 Å². The zero-order chi connectivity index (χ0) is 32.3. The zero-order valence-corrected chi connectivity index (χ0v) is 27.1. The van der Waals surface area contributed by atoms with E-state index in [0.717, 1.165) is 41.5 Å². The van der Waals surface area contributed by atoms with Crippen LogP contribution in [-0.4, -0.2) is 46.9 Å². The summed E-state index contributed by atoms with van der Waals surface area (Å²) in [6.45, 7) is 15.3. The van der Waals surface area contributed by atoms with Crippen molar-refractivity contribution in [3.63, 3.8) is 0 Å². The fourth-order valence-corrected chi connectivity index (χ4v) is 5.11. The molecule has 236 valence electrons. The summed E-state index contributed by atoms with van der Waals surface area (Å²) in [6.07, 6.45) is 2.56. The van der Waals surface area contributed by atoms with Gasteiger partial charge in [-0.25, -0.2) is 4.79 Å². The molecule has 0 saturated heterocycles. The van der Waals surface area contributed by atoms with Gasteiger partial charge in [0.15, 0.2) is 0 Å². The van der Waals surface area contributed by atoms with Crippen LogP contribution >= 0.6 is 0 Å². The maximum Gasteiger partial charge on any atom is 0.408 e. The molecule has 0 spiro atoms. The Bertz CT molecular complexity index is 1240. The number of nitrogens with one attached hydrogen (secondary N) is 2. The Hall–Kier alpha value is -3.88. The lowest BCUT2D eigenvalue weighted by molar-refractivity contribution is -0.141. The maximum absolute atomic E-state index is 14.4. The van der Waals surface area contributed by atoms with Crippen molar-refractivity contribution in [1.29, 1.82) is 0 Å². The van der Waals surface area contributed by atoms with Crippen LogP contribution in [0.4, 0.5) is 10.5 Å². The van der Waals surface area contributed by atoms with Crippen molar-refractivity contribution in [1.82, 2.24) is 10.2 Å². The van der Waals surface area contributed by atoms with Crippen LogP contribution in [0.1, 0.15) is 100 Å². The Morgan fingerprint density at radius 3 is 2.07 bits per heavy atom. The van der Waals surface area contributed by atoms with Crippen LogP contribution in [-0.2, 0) is 19.1 Å². The second kappa shape index (κ2) is 16.1. The van der Waals surface area contributed by atoms with E-state index in [1.807, 2.05) is 64.1 Å². The van der Waals surface area contributed by atoms with E-state index in [2.05, 4.69) is 17.6 Å². The number of hydrogen-bond donors (Lipinski definition) is 3.